The first-order valence-electron chi connectivity index (χ1n) is 6.00. The maximum atomic E-state index is 12.6. The smallest absolute Gasteiger partial charge is 0.341 e. The monoisotopic (exact) mass is 250 g/mol. The second kappa shape index (κ2) is 4.48. The van der Waals surface area contributed by atoms with Gasteiger partial charge in [0.25, 0.3) is 0 Å². The Labute approximate surface area is 98.1 Å². The highest BCUT2D eigenvalue weighted by atomic mass is 19.4. The Hall–Kier alpha value is -0.780. The van der Waals surface area contributed by atoms with Crippen LogP contribution in [0.1, 0.15) is 25.7 Å². The summed E-state index contributed by atoms with van der Waals surface area (Å²) in [5.41, 5.74) is 5.54. The molecule has 0 bridgehead atoms. The first-order chi connectivity index (χ1) is 7.89. The summed E-state index contributed by atoms with van der Waals surface area (Å²) in [6.07, 6.45) is -1.53. The highest BCUT2D eigenvalue weighted by Crippen LogP contribution is 2.35. The number of nitrogens with zero attached hydrogens (tertiary/aromatic N) is 1. The Bertz CT molecular complexity index is 302. The molecule has 17 heavy (non-hydrogen) atoms. The van der Waals surface area contributed by atoms with Crippen molar-refractivity contribution in [2.75, 3.05) is 13.1 Å². The summed E-state index contributed by atoms with van der Waals surface area (Å²) in [5.74, 6) is -1.44. The molecule has 1 aliphatic heterocycles. The summed E-state index contributed by atoms with van der Waals surface area (Å²) in [5, 5.41) is 0. The number of amides is 1. The van der Waals surface area contributed by atoms with Gasteiger partial charge in [-0.1, -0.05) is 6.42 Å². The van der Waals surface area contributed by atoms with Crippen molar-refractivity contribution in [3.05, 3.63) is 0 Å². The van der Waals surface area contributed by atoms with Gasteiger partial charge in [-0.2, -0.15) is 13.2 Å². The zero-order chi connectivity index (χ0) is 12.6. The predicted molar refractivity (Wildman–Crippen MR) is 56.1 cm³/mol. The zero-order valence-electron chi connectivity index (χ0n) is 9.54. The molecule has 2 N–H and O–H groups in total. The normalized spacial score (nSPS) is 31.2. The largest absolute Gasteiger partial charge is 0.393 e. The van der Waals surface area contributed by atoms with Gasteiger partial charge in [0.05, 0.1) is 5.92 Å². The molecule has 1 saturated carbocycles. The molecule has 0 aromatic rings. The summed E-state index contributed by atoms with van der Waals surface area (Å²) in [7, 11) is 0. The molecule has 98 valence electrons. The molecular formula is C11H17F3N2O. The third-order valence-electron chi connectivity index (χ3n) is 3.84. The number of nitrogens with two attached hydrogens (primary N) is 1. The van der Waals surface area contributed by atoms with Crippen LogP contribution >= 0.6 is 0 Å². The molecule has 0 aromatic heterocycles. The van der Waals surface area contributed by atoms with Gasteiger partial charge in [-0.25, -0.2) is 0 Å². The average Bonchev–Trinajstić information content (AvgIpc) is 2.12. The van der Waals surface area contributed by atoms with Crippen LogP contribution in [0, 0.1) is 11.8 Å². The molecule has 2 fully saturated rings. The van der Waals surface area contributed by atoms with E-state index < -0.39 is 18.1 Å². The average molecular weight is 250 g/mol. The number of carbonyl (C=O) groups is 1. The van der Waals surface area contributed by atoms with Gasteiger partial charge in [-0.15, -0.1) is 0 Å². The van der Waals surface area contributed by atoms with Gasteiger partial charge < -0.3 is 10.6 Å². The highest BCUT2D eigenvalue weighted by molar-refractivity contribution is 5.79. The molecule has 1 saturated heterocycles. The van der Waals surface area contributed by atoms with Crippen molar-refractivity contribution in [2.24, 2.45) is 17.6 Å². The number of hydrogen-bond acceptors (Lipinski definition) is 2. The van der Waals surface area contributed by atoms with Gasteiger partial charge >= 0.3 is 6.18 Å². The number of alkyl halides is 3. The Morgan fingerprint density at radius 2 is 1.88 bits per heavy atom. The minimum Gasteiger partial charge on any atom is -0.341 e. The topological polar surface area (TPSA) is 46.3 Å². The van der Waals surface area contributed by atoms with Crippen LogP contribution in [0.25, 0.3) is 0 Å². The van der Waals surface area contributed by atoms with Crippen LogP contribution in [0.5, 0.6) is 0 Å². The third-order valence-corrected chi connectivity index (χ3v) is 3.84. The van der Waals surface area contributed by atoms with Crippen molar-refractivity contribution in [3.63, 3.8) is 0 Å². The molecule has 0 radical (unpaired) electrons. The SMILES string of the molecule is NC1CN(C(=O)C2CCC2)CCC1C(F)(F)F. The summed E-state index contributed by atoms with van der Waals surface area (Å²) in [6.45, 7) is 0.229. The zero-order valence-corrected chi connectivity index (χ0v) is 9.54. The van der Waals surface area contributed by atoms with E-state index in [0.29, 0.717) is 0 Å². The first kappa shape index (κ1) is 12.7. The van der Waals surface area contributed by atoms with Gasteiger partial charge in [0, 0.05) is 25.0 Å². The lowest BCUT2D eigenvalue weighted by Gasteiger charge is -2.40. The fraction of sp³-hybridized carbons (Fsp3) is 0.909. The number of piperidine rings is 1. The number of carbonyl (C=O) groups excluding carboxylic acids is 1. The van der Waals surface area contributed by atoms with E-state index in [0.717, 1.165) is 19.3 Å². The van der Waals surface area contributed by atoms with E-state index >= 15 is 0 Å². The molecule has 3 nitrogen and oxygen atoms in total. The van der Waals surface area contributed by atoms with Gasteiger partial charge in [0.2, 0.25) is 5.91 Å². The molecule has 1 aliphatic carbocycles. The fourth-order valence-electron chi connectivity index (χ4n) is 2.50. The van der Waals surface area contributed by atoms with Crippen LogP contribution in [0.2, 0.25) is 0 Å². The fourth-order valence-corrected chi connectivity index (χ4v) is 2.50. The second-order valence-electron chi connectivity index (χ2n) is 5.01. The lowest BCUT2D eigenvalue weighted by atomic mass is 9.83. The van der Waals surface area contributed by atoms with Crippen molar-refractivity contribution < 1.29 is 18.0 Å². The van der Waals surface area contributed by atoms with Crippen LogP contribution in [-0.2, 0) is 4.79 Å². The van der Waals surface area contributed by atoms with Crippen LogP contribution < -0.4 is 5.73 Å². The van der Waals surface area contributed by atoms with E-state index in [1.54, 1.807) is 0 Å². The van der Waals surface area contributed by atoms with E-state index in [9.17, 15) is 18.0 Å². The van der Waals surface area contributed by atoms with Crippen LogP contribution in [0.15, 0.2) is 0 Å². The Balaban J connectivity index is 1.92. The van der Waals surface area contributed by atoms with Crippen molar-refractivity contribution in [1.29, 1.82) is 0 Å². The van der Waals surface area contributed by atoms with E-state index in [-0.39, 0.29) is 31.3 Å². The molecule has 2 aliphatic rings. The number of rotatable bonds is 1. The lowest BCUT2D eigenvalue weighted by molar-refractivity contribution is -0.191. The van der Waals surface area contributed by atoms with Crippen molar-refractivity contribution >= 4 is 5.91 Å². The van der Waals surface area contributed by atoms with E-state index in [1.165, 1.54) is 4.90 Å². The summed E-state index contributed by atoms with van der Waals surface area (Å²) in [6, 6.07) is -0.979. The Morgan fingerprint density at radius 1 is 1.24 bits per heavy atom. The first-order valence-corrected chi connectivity index (χ1v) is 6.00. The van der Waals surface area contributed by atoms with E-state index in [4.69, 9.17) is 5.73 Å². The van der Waals surface area contributed by atoms with E-state index in [2.05, 4.69) is 0 Å². The summed E-state index contributed by atoms with van der Waals surface area (Å²) < 4.78 is 37.7. The van der Waals surface area contributed by atoms with Crippen molar-refractivity contribution in [3.8, 4) is 0 Å². The molecule has 1 amide bonds. The van der Waals surface area contributed by atoms with Crippen LogP contribution in [0.3, 0.4) is 0 Å². The number of likely N-dealkylation sites (tertiary alicyclic amines) is 1. The standard InChI is InChI=1S/C11H17F3N2O/c12-11(13,14)8-4-5-16(6-9(8)15)10(17)7-2-1-3-7/h7-9H,1-6,15H2. The molecule has 2 rings (SSSR count). The molecule has 0 spiro atoms. The molecule has 1 heterocycles. The highest BCUT2D eigenvalue weighted by Gasteiger charge is 2.46. The molecule has 2 atom stereocenters. The van der Waals surface area contributed by atoms with Gasteiger partial charge in [-0.3, -0.25) is 4.79 Å². The van der Waals surface area contributed by atoms with Gasteiger partial charge in [0.15, 0.2) is 0 Å². The number of hydrogen-bond donors (Lipinski definition) is 1. The molecular weight excluding hydrogens is 233 g/mol. The van der Waals surface area contributed by atoms with Crippen LogP contribution in [-0.4, -0.2) is 36.1 Å². The summed E-state index contributed by atoms with van der Waals surface area (Å²) in [4.78, 5) is 13.4. The molecule has 0 aromatic carbocycles. The minimum atomic E-state index is -4.25. The Kier molecular flexibility index (Phi) is 3.34. The molecule has 6 heteroatoms. The molecule has 2 unspecified atom stereocenters. The van der Waals surface area contributed by atoms with Crippen molar-refractivity contribution in [1.82, 2.24) is 4.90 Å². The lowest BCUT2D eigenvalue weighted by Crippen LogP contribution is -2.55. The van der Waals surface area contributed by atoms with E-state index in [1.807, 2.05) is 0 Å². The predicted octanol–water partition coefficient (Wildman–Crippen LogP) is 1.52. The number of halogens is 3. The van der Waals surface area contributed by atoms with Gasteiger partial charge in [-0.05, 0) is 19.3 Å². The quantitative estimate of drug-likeness (QED) is 0.767. The maximum Gasteiger partial charge on any atom is 0.393 e. The summed E-state index contributed by atoms with van der Waals surface area (Å²) >= 11 is 0. The maximum absolute atomic E-state index is 12.6. The third kappa shape index (κ3) is 2.56. The van der Waals surface area contributed by atoms with Gasteiger partial charge in [0.1, 0.15) is 0 Å². The minimum absolute atomic E-state index is 0.00711. The second-order valence-corrected chi connectivity index (χ2v) is 5.01. The van der Waals surface area contributed by atoms with Crippen molar-refractivity contribution in [2.45, 2.75) is 37.9 Å². The Morgan fingerprint density at radius 3 is 2.29 bits per heavy atom. The van der Waals surface area contributed by atoms with Crippen LogP contribution in [0.4, 0.5) is 13.2 Å².